The molecule has 1 aromatic carbocycles. The van der Waals surface area contributed by atoms with Crippen LogP contribution in [0.2, 0.25) is 10.0 Å². The first-order valence-electron chi connectivity index (χ1n) is 8.70. The highest BCUT2D eigenvalue weighted by atomic mass is 35.5. The fourth-order valence-electron chi connectivity index (χ4n) is 2.88. The highest BCUT2D eigenvalue weighted by molar-refractivity contribution is 6.42. The number of rotatable bonds is 6. The van der Waals surface area contributed by atoms with E-state index in [0.29, 0.717) is 39.1 Å². The summed E-state index contributed by atoms with van der Waals surface area (Å²) in [6.07, 6.45) is 1.49. The lowest BCUT2D eigenvalue weighted by Crippen LogP contribution is -2.12. The first-order chi connectivity index (χ1) is 13.7. The van der Waals surface area contributed by atoms with Crippen LogP contribution >= 0.6 is 23.2 Å². The van der Waals surface area contributed by atoms with Crippen LogP contribution in [0.25, 0.3) is 0 Å². The average Bonchev–Trinajstić information content (AvgIpc) is 2.92. The van der Waals surface area contributed by atoms with Crippen molar-refractivity contribution < 1.29 is 14.7 Å². The molecule has 150 valence electrons. The van der Waals surface area contributed by atoms with Gasteiger partial charge in [-0.1, -0.05) is 23.2 Å². The van der Waals surface area contributed by atoms with E-state index in [0.717, 1.165) is 11.4 Å². The third-order valence-corrected chi connectivity index (χ3v) is 5.17. The normalized spacial score (nSPS) is 10.8. The summed E-state index contributed by atoms with van der Waals surface area (Å²) >= 11 is 11.8. The van der Waals surface area contributed by atoms with Crippen molar-refractivity contribution in [3.63, 3.8) is 0 Å². The van der Waals surface area contributed by atoms with Crippen LogP contribution < -0.4 is 5.32 Å². The minimum absolute atomic E-state index is 0.0647. The van der Waals surface area contributed by atoms with E-state index in [9.17, 15) is 9.59 Å². The van der Waals surface area contributed by atoms with Gasteiger partial charge in [0.15, 0.2) is 0 Å². The van der Waals surface area contributed by atoms with Gasteiger partial charge < -0.3 is 10.4 Å². The summed E-state index contributed by atoms with van der Waals surface area (Å²) in [5.74, 6) is -1.22. The number of benzene rings is 1. The Morgan fingerprint density at radius 1 is 1.14 bits per heavy atom. The van der Waals surface area contributed by atoms with Crippen molar-refractivity contribution in [2.75, 3.05) is 5.32 Å². The number of halogens is 2. The van der Waals surface area contributed by atoms with Gasteiger partial charge in [-0.3, -0.25) is 19.3 Å². The van der Waals surface area contributed by atoms with Gasteiger partial charge in [-0.2, -0.15) is 5.10 Å². The van der Waals surface area contributed by atoms with Crippen LogP contribution in [-0.2, 0) is 17.8 Å². The average molecular weight is 433 g/mol. The molecule has 0 aliphatic rings. The van der Waals surface area contributed by atoms with E-state index in [-0.39, 0.29) is 12.3 Å². The summed E-state index contributed by atoms with van der Waals surface area (Å²) in [6, 6.07) is 8.16. The first-order valence-corrected chi connectivity index (χ1v) is 9.46. The Morgan fingerprint density at radius 2 is 1.90 bits per heavy atom. The van der Waals surface area contributed by atoms with Crippen molar-refractivity contribution in [3.05, 3.63) is 74.8 Å². The Balaban J connectivity index is 1.70. The smallest absolute Gasteiger partial charge is 0.307 e. The van der Waals surface area contributed by atoms with Crippen LogP contribution in [-0.4, -0.2) is 31.7 Å². The fourth-order valence-corrected chi connectivity index (χ4v) is 3.18. The number of carboxylic acid groups (broad SMARTS) is 1. The summed E-state index contributed by atoms with van der Waals surface area (Å²) in [7, 11) is 0. The third-order valence-electron chi connectivity index (χ3n) is 4.44. The molecule has 0 aliphatic carbocycles. The molecule has 9 heteroatoms. The minimum Gasteiger partial charge on any atom is -0.481 e. The molecule has 1 amide bonds. The van der Waals surface area contributed by atoms with Crippen molar-refractivity contribution in [1.82, 2.24) is 14.8 Å². The summed E-state index contributed by atoms with van der Waals surface area (Å²) in [6.45, 7) is 4.02. The Kier molecular flexibility index (Phi) is 6.20. The maximum absolute atomic E-state index is 12.3. The van der Waals surface area contributed by atoms with Gasteiger partial charge in [-0.25, -0.2) is 0 Å². The summed E-state index contributed by atoms with van der Waals surface area (Å²) in [5.41, 5.74) is 3.84. The number of nitrogens with zero attached hydrogens (tertiary/aromatic N) is 3. The van der Waals surface area contributed by atoms with E-state index in [1.165, 1.54) is 6.07 Å². The molecule has 3 rings (SSSR count). The molecular formula is C20H18Cl2N4O3. The van der Waals surface area contributed by atoms with Crippen molar-refractivity contribution >= 4 is 40.8 Å². The Hall–Kier alpha value is -2.90. The fraction of sp³-hybridized carbons (Fsp3) is 0.200. The maximum Gasteiger partial charge on any atom is 0.307 e. The van der Waals surface area contributed by atoms with Crippen LogP contribution in [0.15, 0.2) is 36.5 Å². The number of aryl methyl sites for hydroxylation is 1. The van der Waals surface area contributed by atoms with E-state index < -0.39 is 5.97 Å². The topological polar surface area (TPSA) is 97.1 Å². The second-order valence-corrected chi connectivity index (χ2v) is 7.31. The number of aliphatic carboxylic acids is 1. The number of carbonyl (C=O) groups excluding carboxylic acids is 1. The molecule has 7 nitrogen and oxygen atoms in total. The van der Waals surface area contributed by atoms with E-state index in [4.69, 9.17) is 28.3 Å². The van der Waals surface area contributed by atoms with Gasteiger partial charge in [0, 0.05) is 16.8 Å². The highest BCUT2D eigenvalue weighted by Gasteiger charge is 2.15. The molecule has 0 fully saturated rings. The Bertz CT molecular complexity index is 1080. The molecule has 0 atom stereocenters. The van der Waals surface area contributed by atoms with E-state index in [1.54, 1.807) is 42.1 Å². The maximum atomic E-state index is 12.3. The molecule has 0 aliphatic heterocycles. The van der Waals surface area contributed by atoms with Gasteiger partial charge in [0.05, 0.1) is 46.3 Å². The predicted octanol–water partition coefficient (Wildman–Crippen LogP) is 4.13. The molecule has 2 heterocycles. The number of carbonyl (C=O) groups is 2. The lowest BCUT2D eigenvalue weighted by atomic mass is 10.1. The number of nitrogens with one attached hydrogen (secondary N) is 1. The van der Waals surface area contributed by atoms with Crippen molar-refractivity contribution in [2.45, 2.75) is 26.8 Å². The molecule has 0 radical (unpaired) electrons. The molecule has 0 saturated carbocycles. The summed E-state index contributed by atoms with van der Waals surface area (Å²) in [4.78, 5) is 27.7. The molecule has 2 aromatic heterocycles. The minimum atomic E-state index is -0.893. The number of carboxylic acids is 1. The van der Waals surface area contributed by atoms with Crippen LogP contribution in [0.4, 0.5) is 5.69 Å². The van der Waals surface area contributed by atoms with E-state index >= 15 is 0 Å². The van der Waals surface area contributed by atoms with E-state index in [1.807, 2.05) is 6.92 Å². The molecule has 0 bridgehead atoms. The number of aromatic nitrogens is 3. The zero-order valence-electron chi connectivity index (χ0n) is 15.7. The van der Waals surface area contributed by atoms with E-state index in [2.05, 4.69) is 15.4 Å². The van der Waals surface area contributed by atoms with Gasteiger partial charge >= 0.3 is 5.97 Å². The standard InChI is InChI=1S/C20H18Cl2N4O3/c1-11-16(8-19(27)28)12(2)26(25-11)10-15-5-4-14(9-23-15)24-20(29)13-3-6-17(21)18(22)7-13/h3-7,9H,8,10H2,1-2H3,(H,24,29)(H,27,28). The van der Waals surface area contributed by atoms with Crippen LogP contribution in [0.5, 0.6) is 0 Å². The van der Waals surface area contributed by atoms with Crippen molar-refractivity contribution in [2.24, 2.45) is 0 Å². The van der Waals surface area contributed by atoms with Gasteiger partial charge in [0.1, 0.15) is 0 Å². The third kappa shape index (κ3) is 4.93. The quantitative estimate of drug-likeness (QED) is 0.610. The molecular weight excluding hydrogens is 415 g/mol. The predicted molar refractivity (Wildman–Crippen MR) is 111 cm³/mol. The second kappa shape index (κ2) is 8.63. The zero-order valence-corrected chi connectivity index (χ0v) is 17.3. The number of hydrogen-bond acceptors (Lipinski definition) is 4. The Labute approximate surface area is 177 Å². The van der Waals surface area contributed by atoms with Crippen molar-refractivity contribution in [1.29, 1.82) is 0 Å². The van der Waals surface area contributed by atoms with Crippen LogP contribution in [0, 0.1) is 13.8 Å². The van der Waals surface area contributed by atoms with Gasteiger partial charge in [-0.05, 0) is 44.2 Å². The molecule has 0 saturated heterocycles. The monoisotopic (exact) mass is 432 g/mol. The Morgan fingerprint density at radius 3 is 2.52 bits per heavy atom. The van der Waals surface area contributed by atoms with Crippen LogP contribution in [0.1, 0.15) is 33.0 Å². The van der Waals surface area contributed by atoms with Crippen LogP contribution in [0.3, 0.4) is 0 Å². The molecule has 3 aromatic rings. The number of anilines is 1. The lowest BCUT2D eigenvalue weighted by molar-refractivity contribution is -0.136. The number of hydrogen-bond donors (Lipinski definition) is 2. The molecule has 0 unspecified atom stereocenters. The van der Waals surface area contributed by atoms with Crippen molar-refractivity contribution in [3.8, 4) is 0 Å². The largest absolute Gasteiger partial charge is 0.481 e. The highest BCUT2D eigenvalue weighted by Crippen LogP contribution is 2.23. The lowest BCUT2D eigenvalue weighted by Gasteiger charge is -2.08. The number of pyridine rings is 1. The number of amides is 1. The summed E-state index contributed by atoms with van der Waals surface area (Å²) in [5, 5.41) is 16.9. The SMILES string of the molecule is Cc1nn(Cc2ccc(NC(=O)c3ccc(Cl)c(Cl)c3)cn2)c(C)c1CC(=O)O. The van der Waals surface area contributed by atoms with Gasteiger partial charge in [-0.15, -0.1) is 0 Å². The first kappa shape index (κ1) is 20.8. The van der Waals surface area contributed by atoms with Gasteiger partial charge in [0.25, 0.3) is 5.91 Å². The van der Waals surface area contributed by atoms with Gasteiger partial charge in [0.2, 0.25) is 0 Å². The molecule has 2 N–H and O–H groups in total. The zero-order chi connectivity index (χ0) is 21.1. The second-order valence-electron chi connectivity index (χ2n) is 6.50. The molecule has 29 heavy (non-hydrogen) atoms. The molecule has 0 spiro atoms. The summed E-state index contributed by atoms with van der Waals surface area (Å²) < 4.78 is 1.73.